The number of hydrogen-bond acceptors (Lipinski definition) is 5. The van der Waals surface area contributed by atoms with Gasteiger partial charge in [-0.05, 0) is 12.1 Å². The minimum absolute atomic E-state index is 0.0638. The summed E-state index contributed by atoms with van der Waals surface area (Å²) < 4.78 is 0. The van der Waals surface area contributed by atoms with Gasteiger partial charge in [-0.2, -0.15) is 5.26 Å². The average Bonchev–Trinajstić information content (AvgIpc) is 2.34. The summed E-state index contributed by atoms with van der Waals surface area (Å²) in [6.45, 7) is 0. The van der Waals surface area contributed by atoms with E-state index in [0.29, 0.717) is 5.56 Å². The SMILES string of the molecule is CO/N=C/C(C#N)=C/c1ccccc1[N+](=O)[O-]. The molecule has 6 heteroatoms. The summed E-state index contributed by atoms with van der Waals surface area (Å²) in [4.78, 5) is 14.7. The minimum atomic E-state index is -0.506. The molecule has 0 aliphatic heterocycles. The first kappa shape index (κ1) is 12.4. The van der Waals surface area contributed by atoms with Gasteiger partial charge in [-0.1, -0.05) is 17.3 Å². The van der Waals surface area contributed by atoms with Crippen molar-refractivity contribution >= 4 is 18.0 Å². The van der Waals surface area contributed by atoms with E-state index >= 15 is 0 Å². The van der Waals surface area contributed by atoms with Gasteiger partial charge in [-0.25, -0.2) is 0 Å². The van der Waals surface area contributed by atoms with Gasteiger partial charge in [0.1, 0.15) is 13.2 Å². The zero-order valence-electron chi connectivity index (χ0n) is 9.03. The van der Waals surface area contributed by atoms with Gasteiger partial charge in [0.25, 0.3) is 5.69 Å². The maximum Gasteiger partial charge on any atom is 0.276 e. The number of para-hydroxylation sites is 1. The molecule has 17 heavy (non-hydrogen) atoms. The van der Waals surface area contributed by atoms with Crippen LogP contribution in [0, 0.1) is 21.4 Å². The van der Waals surface area contributed by atoms with E-state index in [9.17, 15) is 10.1 Å². The number of allylic oxidation sites excluding steroid dienone is 1. The molecule has 0 aromatic heterocycles. The molecule has 0 aliphatic rings. The summed E-state index contributed by atoms with van der Waals surface area (Å²) in [6, 6.07) is 8.00. The van der Waals surface area contributed by atoms with Gasteiger partial charge in [-0.3, -0.25) is 10.1 Å². The van der Waals surface area contributed by atoms with Crippen LogP contribution in [0.25, 0.3) is 6.08 Å². The lowest BCUT2D eigenvalue weighted by molar-refractivity contribution is -0.385. The molecule has 1 aromatic carbocycles. The van der Waals surface area contributed by atoms with Crippen molar-refractivity contribution in [2.75, 3.05) is 7.11 Å². The van der Waals surface area contributed by atoms with Gasteiger partial charge in [0, 0.05) is 6.07 Å². The second kappa shape index (κ2) is 6.02. The van der Waals surface area contributed by atoms with Gasteiger partial charge in [0.15, 0.2) is 0 Å². The molecule has 86 valence electrons. The summed E-state index contributed by atoms with van der Waals surface area (Å²) in [5.41, 5.74) is 0.448. The smallest absolute Gasteiger partial charge is 0.276 e. The number of nitriles is 1. The standard InChI is InChI=1S/C11H9N3O3/c1-17-13-8-9(7-12)6-10-4-2-3-5-11(10)14(15)16/h2-6,8H,1H3/b9-6+,13-8+. The highest BCUT2D eigenvalue weighted by Crippen LogP contribution is 2.20. The predicted molar refractivity (Wildman–Crippen MR) is 62.2 cm³/mol. The van der Waals surface area contributed by atoms with Crippen LogP contribution in [0.1, 0.15) is 5.56 Å². The quantitative estimate of drug-likeness (QED) is 0.343. The Bertz CT molecular complexity index is 515. The van der Waals surface area contributed by atoms with Gasteiger partial charge in [0.2, 0.25) is 0 Å². The van der Waals surface area contributed by atoms with E-state index in [1.54, 1.807) is 18.2 Å². The van der Waals surface area contributed by atoms with E-state index in [2.05, 4.69) is 9.99 Å². The van der Waals surface area contributed by atoms with Crippen molar-refractivity contribution in [3.05, 3.63) is 45.5 Å². The normalized spacial score (nSPS) is 11.2. The fourth-order valence-electron chi connectivity index (χ4n) is 1.15. The van der Waals surface area contributed by atoms with Crippen LogP contribution in [0.3, 0.4) is 0 Å². The van der Waals surface area contributed by atoms with Crippen LogP contribution in [0.2, 0.25) is 0 Å². The minimum Gasteiger partial charge on any atom is -0.399 e. The van der Waals surface area contributed by atoms with E-state index < -0.39 is 4.92 Å². The maximum absolute atomic E-state index is 10.7. The molecular formula is C11H9N3O3. The zero-order valence-corrected chi connectivity index (χ0v) is 9.03. The summed E-state index contributed by atoms with van der Waals surface area (Å²) in [5, 5.41) is 23.0. The van der Waals surface area contributed by atoms with Crippen molar-refractivity contribution in [1.29, 1.82) is 5.26 Å². The molecular weight excluding hydrogens is 222 g/mol. The molecule has 1 rings (SSSR count). The molecule has 1 aromatic rings. The lowest BCUT2D eigenvalue weighted by atomic mass is 10.1. The molecule has 0 radical (unpaired) electrons. The zero-order chi connectivity index (χ0) is 12.7. The van der Waals surface area contributed by atoms with Gasteiger partial charge in [0.05, 0.1) is 22.3 Å². The summed E-state index contributed by atoms with van der Waals surface area (Å²) in [5.74, 6) is 0. The lowest BCUT2D eigenvalue weighted by Crippen LogP contribution is -1.92. The molecule has 0 heterocycles. The third-order valence-electron chi connectivity index (χ3n) is 1.87. The second-order valence-corrected chi connectivity index (χ2v) is 2.94. The number of oxime groups is 1. The number of benzene rings is 1. The van der Waals surface area contributed by atoms with E-state index in [1.165, 1.54) is 25.5 Å². The van der Waals surface area contributed by atoms with Crippen molar-refractivity contribution < 1.29 is 9.76 Å². The molecule has 6 nitrogen and oxygen atoms in total. The fraction of sp³-hybridized carbons (Fsp3) is 0.0909. The Labute approximate surface area is 97.6 Å². The molecule has 0 bridgehead atoms. The first-order chi connectivity index (χ1) is 8.19. The van der Waals surface area contributed by atoms with Gasteiger partial charge in [-0.15, -0.1) is 0 Å². The Balaban J connectivity index is 3.17. The van der Waals surface area contributed by atoms with Crippen LogP contribution in [-0.4, -0.2) is 18.2 Å². The van der Waals surface area contributed by atoms with Crippen LogP contribution in [0.15, 0.2) is 35.0 Å². The van der Waals surface area contributed by atoms with Crippen LogP contribution in [-0.2, 0) is 4.84 Å². The number of rotatable bonds is 4. The van der Waals surface area contributed by atoms with Crippen LogP contribution < -0.4 is 0 Å². The first-order valence-corrected chi connectivity index (χ1v) is 4.60. The molecule has 0 amide bonds. The van der Waals surface area contributed by atoms with Crippen LogP contribution in [0.4, 0.5) is 5.69 Å². The Morgan fingerprint density at radius 2 is 2.29 bits per heavy atom. The van der Waals surface area contributed by atoms with Crippen LogP contribution in [0.5, 0.6) is 0 Å². The molecule has 0 unspecified atom stereocenters. The first-order valence-electron chi connectivity index (χ1n) is 4.60. The molecule has 0 N–H and O–H groups in total. The largest absolute Gasteiger partial charge is 0.399 e. The molecule has 0 fully saturated rings. The van der Waals surface area contributed by atoms with E-state index in [1.807, 2.05) is 6.07 Å². The molecule has 0 saturated heterocycles. The fourth-order valence-corrected chi connectivity index (χ4v) is 1.15. The van der Waals surface area contributed by atoms with Crippen molar-refractivity contribution in [1.82, 2.24) is 0 Å². The molecule has 0 saturated carbocycles. The third kappa shape index (κ3) is 3.43. The predicted octanol–water partition coefficient (Wildman–Crippen LogP) is 2.13. The van der Waals surface area contributed by atoms with Crippen LogP contribution >= 0.6 is 0 Å². The number of nitrogens with zero attached hydrogens (tertiary/aromatic N) is 3. The topological polar surface area (TPSA) is 88.5 Å². The number of hydrogen-bond donors (Lipinski definition) is 0. The van der Waals surface area contributed by atoms with Crippen molar-refractivity contribution in [3.63, 3.8) is 0 Å². The summed E-state index contributed by atoms with van der Waals surface area (Å²) in [6.07, 6.45) is 2.57. The molecule has 0 spiro atoms. The van der Waals surface area contributed by atoms with E-state index in [0.717, 1.165) is 0 Å². The molecule has 0 atom stereocenters. The highest BCUT2D eigenvalue weighted by atomic mass is 16.6. The van der Waals surface area contributed by atoms with Crippen molar-refractivity contribution in [3.8, 4) is 6.07 Å². The van der Waals surface area contributed by atoms with Gasteiger partial charge >= 0.3 is 0 Å². The van der Waals surface area contributed by atoms with Crippen molar-refractivity contribution in [2.24, 2.45) is 5.16 Å². The Hall–Kier alpha value is -2.68. The Morgan fingerprint density at radius 3 is 2.88 bits per heavy atom. The number of nitro groups is 1. The Kier molecular flexibility index (Phi) is 4.39. The summed E-state index contributed by atoms with van der Waals surface area (Å²) >= 11 is 0. The summed E-state index contributed by atoms with van der Waals surface area (Å²) in [7, 11) is 1.34. The highest BCUT2D eigenvalue weighted by Gasteiger charge is 2.10. The number of nitro benzene ring substituents is 1. The van der Waals surface area contributed by atoms with E-state index in [-0.39, 0.29) is 11.3 Å². The second-order valence-electron chi connectivity index (χ2n) is 2.94. The van der Waals surface area contributed by atoms with Crippen molar-refractivity contribution in [2.45, 2.75) is 0 Å². The Morgan fingerprint density at radius 1 is 1.59 bits per heavy atom. The maximum atomic E-state index is 10.7. The third-order valence-corrected chi connectivity index (χ3v) is 1.87. The van der Waals surface area contributed by atoms with Gasteiger partial charge < -0.3 is 4.84 Å². The average molecular weight is 231 g/mol. The molecule has 0 aliphatic carbocycles. The van der Waals surface area contributed by atoms with E-state index in [4.69, 9.17) is 5.26 Å². The highest BCUT2D eigenvalue weighted by molar-refractivity contribution is 5.90. The monoisotopic (exact) mass is 231 g/mol. The lowest BCUT2D eigenvalue weighted by Gasteiger charge is -1.96.